The van der Waals surface area contributed by atoms with Gasteiger partial charge in [0.1, 0.15) is 0 Å². The fourth-order valence-corrected chi connectivity index (χ4v) is 1.09. The van der Waals surface area contributed by atoms with Gasteiger partial charge in [0.15, 0.2) is 0 Å². The maximum Gasteiger partial charge on any atom is 0.252 e. The van der Waals surface area contributed by atoms with Gasteiger partial charge in [-0.15, -0.1) is 0 Å². The van der Waals surface area contributed by atoms with Gasteiger partial charge < -0.3 is 5.73 Å². The monoisotopic (exact) mass is 153 g/mol. The number of amides is 1. The molecule has 60 valence electrons. The fraction of sp³-hybridized carbons (Fsp3) is 0.429. The topological polar surface area (TPSA) is 60.9 Å². The van der Waals surface area contributed by atoms with Crippen LogP contribution < -0.4 is 5.73 Å². The van der Waals surface area contributed by atoms with Crippen molar-refractivity contribution in [1.82, 2.24) is 9.78 Å². The summed E-state index contributed by atoms with van der Waals surface area (Å²) in [6, 6.07) is 0. The Morgan fingerprint density at radius 2 is 2.45 bits per heavy atom. The van der Waals surface area contributed by atoms with E-state index in [2.05, 4.69) is 5.10 Å². The Hall–Kier alpha value is -1.32. The van der Waals surface area contributed by atoms with Gasteiger partial charge in [-0.3, -0.25) is 9.48 Å². The van der Waals surface area contributed by atoms with Gasteiger partial charge >= 0.3 is 0 Å². The lowest BCUT2D eigenvalue weighted by molar-refractivity contribution is 0.0999. The van der Waals surface area contributed by atoms with E-state index in [0.717, 1.165) is 12.1 Å². The zero-order valence-electron chi connectivity index (χ0n) is 6.66. The second-order valence-electron chi connectivity index (χ2n) is 2.35. The van der Waals surface area contributed by atoms with Gasteiger partial charge in [0.2, 0.25) is 0 Å². The minimum Gasteiger partial charge on any atom is -0.365 e. The maximum absolute atomic E-state index is 10.8. The highest BCUT2D eigenvalue weighted by Crippen LogP contribution is 2.06. The van der Waals surface area contributed by atoms with E-state index < -0.39 is 5.91 Å². The summed E-state index contributed by atoms with van der Waals surface area (Å²) < 4.78 is 1.67. The van der Waals surface area contributed by atoms with E-state index in [-0.39, 0.29) is 0 Å². The Morgan fingerprint density at radius 1 is 1.82 bits per heavy atom. The van der Waals surface area contributed by atoms with Gasteiger partial charge in [-0.05, 0) is 6.42 Å². The van der Waals surface area contributed by atoms with Crippen LogP contribution in [-0.2, 0) is 13.5 Å². The highest BCUT2D eigenvalue weighted by Gasteiger charge is 2.10. The lowest BCUT2D eigenvalue weighted by atomic mass is 10.2. The number of carbonyl (C=O) groups is 1. The quantitative estimate of drug-likeness (QED) is 0.654. The van der Waals surface area contributed by atoms with Crippen LogP contribution in [-0.4, -0.2) is 15.7 Å². The molecule has 0 atom stereocenters. The second kappa shape index (κ2) is 2.74. The minimum absolute atomic E-state index is 0.407. The Morgan fingerprint density at radius 3 is 2.82 bits per heavy atom. The molecule has 0 aromatic carbocycles. The molecule has 0 bridgehead atoms. The van der Waals surface area contributed by atoms with E-state index >= 15 is 0 Å². The number of nitrogens with two attached hydrogens (primary N) is 1. The van der Waals surface area contributed by atoms with E-state index in [0.29, 0.717) is 5.56 Å². The van der Waals surface area contributed by atoms with Gasteiger partial charge in [0.05, 0.1) is 17.5 Å². The number of hydrogen-bond donors (Lipinski definition) is 1. The van der Waals surface area contributed by atoms with Crippen LogP contribution in [0, 0.1) is 0 Å². The Labute approximate surface area is 65.0 Å². The molecule has 1 rings (SSSR count). The molecule has 0 aliphatic heterocycles. The number of aryl methyl sites for hydroxylation is 1. The van der Waals surface area contributed by atoms with E-state index in [9.17, 15) is 4.79 Å². The highest BCUT2D eigenvalue weighted by atomic mass is 16.1. The standard InChI is InChI=1S/C7H11N3O/c1-3-6-5(7(8)11)4-9-10(6)2/h4H,3H2,1-2H3,(H2,8,11). The Balaban J connectivity index is 3.15. The summed E-state index contributed by atoms with van der Waals surface area (Å²) >= 11 is 0. The molecule has 2 N–H and O–H groups in total. The molecule has 0 saturated heterocycles. The van der Waals surface area contributed by atoms with Crippen LogP contribution in [0.15, 0.2) is 6.20 Å². The summed E-state index contributed by atoms with van der Waals surface area (Å²) in [7, 11) is 1.80. The molecule has 0 fully saturated rings. The average Bonchev–Trinajstić information content (AvgIpc) is 2.30. The van der Waals surface area contributed by atoms with Crippen LogP contribution in [0.25, 0.3) is 0 Å². The molecule has 0 radical (unpaired) electrons. The molecule has 1 heterocycles. The number of rotatable bonds is 2. The largest absolute Gasteiger partial charge is 0.365 e. The van der Waals surface area contributed by atoms with Gasteiger partial charge in [-0.2, -0.15) is 5.10 Å². The number of aromatic nitrogens is 2. The number of hydrogen-bond acceptors (Lipinski definition) is 2. The summed E-state index contributed by atoms with van der Waals surface area (Å²) in [6.45, 7) is 1.96. The van der Waals surface area contributed by atoms with Gasteiger partial charge in [-0.25, -0.2) is 0 Å². The van der Waals surface area contributed by atoms with E-state index in [1.807, 2.05) is 6.92 Å². The second-order valence-corrected chi connectivity index (χ2v) is 2.35. The summed E-state index contributed by atoms with van der Waals surface area (Å²) in [4.78, 5) is 10.8. The van der Waals surface area contributed by atoms with Crippen molar-refractivity contribution in [3.8, 4) is 0 Å². The van der Waals surface area contributed by atoms with Crippen LogP contribution in [0.3, 0.4) is 0 Å². The molecule has 0 unspecified atom stereocenters. The van der Waals surface area contributed by atoms with Crippen LogP contribution in [0.2, 0.25) is 0 Å². The van der Waals surface area contributed by atoms with Gasteiger partial charge in [-0.1, -0.05) is 6.92 Å². The van der Waals surface area contributed by atoms with Crippen LogP contribution in [0.5, 0.6) is 0 Å². The normalized spacial score (nSPS) is 10.0. The van der Waals surface area contributed by atoms with Crippen molar-refractivity contribution >= 4 is 5.91 Å². The van der Waals surface area contributed by atoms with Crippen molar-refractivity contribution in [1.29, 1.82) is 0 Å². The molecular formula is C7H11N3O. The van der Waals surface area contributed by atoms with Crippen LogP contribution >= 0.6 is 0 Å². The number of carbonyl (C=O) groups excluding carboxylic acids is 1. The van der Waals surface area contributed by atoms with Crippen molar-refractivity contribution in [3.63, 3.8) is 0 Å². The van der Waals surface area contributed by atoms with Crippen molar-refractivity contribution in [3.05, 3.63) is 17.5 Å². The summed E-state index contributed by atoms with van der Waals surface area (Å²) in [5.74, 6) is -0.407. The molecule has 1 aromatic heterocycles. The summed E-state index contributed by atoms with van der Waals surface area (Å²) in [5.41, 5.74) is 6.52. The third-order valence-electron chi connectivity index (χ3n) is 1.66. The molecule has 1 amide bonds. The number of primary amides is 1. The first-order valence-electron chi connectivity index (χ1n) is 3.47. The third kappa shape index (κ3) is 1.24. The maximum atomic E-state index is 10.8. The first kappa shape index (κ1) is 7.78. The molecule has 0 aliphatic rings. The van der Waals surface area contributed by atoms with E-state index in [4.69, 9.17) is 5.73 Å². The first-order valence-corrected chi connectivity index (χ1v) is 3.47. The zero-order chi connectivity index (χ0) is 8.43. The SMILES string of the molecule is CCc1c(C(N)=O)cnn1C. The molecule has 0 aliphatic carbocycles. The Kier molecular flexibility index (Phi) is 1.94. The predicted molar refractivity (Wildman–Crippen MR) is 41.1 cm³/mol. The van der Waals surface area contributed by atoms with Gasteiger partial charge in [0.25, 0.3) is 5.91 Å². The Bertz CT molecular complexity index is 277. The van der Waals surface area contributed by atoms with Crippen molar-refractivity contribution in [2.45, 2.75) is 13.3 Å². The lowest BCUT2D eigenvalue weighted by Gasteiger charge is -1.98. The van der Waals surface area contributed by atoms with Crippen molar-refractivity contribution in [2.24, 2.45) is 12.8 Å². The molecule has 0 saturated carbocycles. The van der Waals surface area contributed by atoms with Crippen molar-refractivity contribution in [2.75, 3.05) is 0 Å². The van der Waals surface area contributed by atoms with E-state index in [1.54, 1.807) is 11.7 Å². The zero-order valence-corrected chi connectivity index (χ0v) is 6.66. The van der Waals surface area contributed by atoms with Gasteiger partial charge in [0, 0.05) is 7.05 Å². The first-order chi connectivity index (χ1) is 5.16. The lowest BCUT2D eigenvalue weighted by Crippen LogP contribution is -2.13. The predicted octanol–water partition coefficient (Wildman–Crippen LogP) is 0.0814. The molecule has 4 heteroatoms. The molecule has 1 aromatic rings. The molecule has 11 heavy (non-hydrogen) atoms. The third-order valence-corrected chi connectivity index (χ3v) is 1.66. The van der Waals surface area contributed by atoms with Crippen molar-refractivity contribution < 1.29 is 4.79 Å². The minimum atomic E-state index is -0.407. The van der Waals surface area contributed by atoms with Crippen LogP contribution in [0.1, 0.15) is 23.0 Å². The summed E-state index contributed by atoms with van der Waals surface area (Å²) in [6.07, 6.45) is 2.27. The molecule has 4 nitrogen and oxygen atoms in total. The summed E-state index contributed by atoms with van der Waals surface area (Å²) in [5, 5.41) is 3.92. The molecule has 0 spiro atoms. The molecular weight excluding hydrogens is 142 g/mol. The smallest absolute Gasteiger partial charge is 0.252 e. The van der Waals surface area contributed by atoms with Crippen LogP contribution in [0.4, 0.5) is 0 Å². The average molecular weight is 153 g/mol. The fourth-order valence-electron chi connectivity index (χ4n) is 1.09. The highest BCUT2D eigenvalue weighted by molar-refractivity contribution is 5.93. The number of nitrogens with zero attached hydrogens (tertiary/aromatic N) is 2. The van der Waals surface area contributed by atoms with E-state index in [1.165, 1.54) is 6.20 Å².